The van der Waals surface area contributed by atoms with E-state index in [0.717, 1.165) is 23.5 Å². The Morgan fingerprint density at radius 2 is 2.10 bits per heavy atom. The zero-order valence-electron chi connectivity index (χ0n) is 11.9. The Bertz CT molecular complexity index is 555. The standard InChI is InChI=1S/C16H20FN3/c1-3-20(11-14-6-4-5-9-19-14)16-8-7-13(17)10-15(16)12(2)18/h4-10,12H,3,11,18H2,1-2H3. The number of benzene rings is 1. The van der Waals surface area contributed by atoms with E-state index < -0.39 is 0 Å². The van der Waals surface area contributed by atoms with Crippen LogP contribution in [0, 0.1) is 5.82 Å². The minimum absolute atomic E-state index is 0.210. The number of aromatic nitrogens is 1. The van der Waals surface area contributed by atoms with Gasteiger partial charge >= 0.3 is 0 Å². The molecule has 1 unspecified atom stereocenters. The third kappa shape index (κ3) is 3.33. The van der Waals surface area contributed by atoms with Crippen LogP contribution in [0.25, 0.3) is 0 Å². The van der Waals surface area contributed by atoms with Crippen LogP contribution in [0.15, 0.2) is 42.6 Å². The molecular weight excluding hydrogens is 253 g/mol. The van der Waals surface area contributed by atoms with Crippen LogP contribution in [0.1, 0.15) is 31.1 Å². The molecule has 2 N–H and O–H groups in total. The highest BCUT2D eigenvalue weighted by molar-refractivity contribution is 5.55. The first-order chi connectivity index (χ1) is 9.61. The lowest BCUT2D eigenvalue weighted by Crippen LogP contribution is -2.25. The maximum Gasteiger partial charge on any atom is 0.123 e. The average molecular weight is 273 g/mol. The molecule has 0 saturated heterocycles. The molecule has 0 radical (unpaired) electrons. The predicted molar refractivity (Wildman–Crippen MR) is 80.0 cm³/mol. The van der Waals surface area contributed by atoms with E-state index in [1.165, 1.54) is 12.1 Å². The molecule has 0 fully saturated rings. The van der Waals surface area contributed by atoms with E-state index >= 15 is 0 Å². The van der Waals surface area contributed by atoms with Gasteiger partial charge in [0.25, 0.3) is 0 Å². The average Bonchev–Trinajstić information content (AvgIpc) is 2.46. The van der Waals surface area contributed by atoms with Crippen LogP contribution < -0.4 is 10.6 Å². The first kappa shape index (κ1) is 14.5. The highest BCUT2D eigenvalue weighted by atomic mass is 19.1. The lowest BCUT2D eigenvalue weighted by Gasteiger charge is -2.26. The van der Waals surface area contributed by atoms with E-state index in [2.05, 4.69) is 16.8 Å². The van der Waals surface area contributed by atoms with Crippen molar-refractivity contribution in [1.82, 2.24) is 4.98 Å². The number of halogens is 1. The summed E-state index contributed by atoms with van der Waals surface area (Å²) < 4.78 is 13.4. The number of nitrogens with zero attached hydrogens (tertiary/aromatic N) is 2. The lowest BCUT2D eigenvalue weighted by atomic mass is 10.1. The molecule has 0 aliphatic rings. The van der Waals surface area contributed by atoms with Gasteiger partial charge in [-0.15, -0.1) is 0 Å². The van der Waals surface area contributed by atoms with E-state index in [0.29, 0.717) is 6.54 Å². The Balaban J connectivity index is 2.32. The summed E-state index contributed by atoms with van der Waals surface area (Å²) in [5.74, 6) is -0.255. The third-order valence-electron chi connectivity index (χ3n) is 3.28. The Labute approximate surface area is 119 Å². The topological polar surface area (TPSA) is 42.2 Å². The van der Waals surface area contributed by atoms with Crippen molar-refractivity contribution in [1.29, 1.82) is 0 Å². The predicted octanol–water partition coefficient (Wildman–Crippen LogP) is 3.27. The van der Waals surface area contributed by atoms with Crippen LogP contribution in [0.5, 0.6) is 0 Å². The lowest BCUT2D eigenvalue weighted by molar-refractivity contribution is 0.621. The van der Waals surface area contributed by atoms with Crippen LogP contribution in [-0.2, 0) is 6.54 Å². The fourth-order valence-electron chi connectivity index (χ4n) is 2.23. The molecule has 0 saturated carbocycles. The summed E-state index contributed by atoms with van der Waals surface area (Å²) in [5.41, 5.74) is 8.73. The molecule has 4 heteroatoms. The number of hydrogen-bond acceptors (Lipinski definition) is 3. The molecule has 2 aromatic rings. The summed E-state index contributed by atoms with van der Waals surface area (Å²) in [4.78, 5) is 6.49. The maximum absolute atomic E-state index is 13.4. The van der Waals surface area contributed by atoms with Gasteiger partial charge in [0.05, 0.1) is 12.2 Å². The summed E-state index contributed by atoms with van der Waals surface area (Å²) in [5, 5.41) is 0. The molecule has 0 aliphatic heterocycles. The summed E-state index contributed by atoms with van der Waals surface area (Å²) in [7, 11) is 0. The van der Waals surface area contributed by atoms with E-state index in [-0.39, 0.29) is 11.9 Å². The second kappa shape index (κ2) is 6.48. The fraction of sp³-hybridized carbons (Fsp3) is 0.312. The van der Waals surface area contributed by atoms with E-state index in [1.54, 1.807) is 12.3 Å². The largest absolute Gasteiger partial charge is 0.366 e. The Morgan fingerprint density at radius 1 is 1.30 bits per heavy atom. The van der Waals surface area contributed by atoms with E-state index in [1.807, 2.05) is 25.1 Å². The number of rotatable bonds is 5. The van der Waals surface area contributed by atoms with Gasteiger partial charge in [-0.25, -0.2) is 4.39 Å². The summed E-state index contributed by atoms with van der Waals surface area (Å²) in [6, 6.07) is 10.4. The molecule has 2 rings (SSSR count). The monoisotopic (exact) mass is 273 g/mol. The van der Waals surface area contributed by atoms with Crippen molar-refractivity contribution in [2.45, 2.75) is 26.4 Å². The van der Waals surface area contributed by atoms with Crippen LogP contribution in [0.4, 0.5) is 10.1 Å². The number of pyridine rings is 1. The molecule has 1 aromatic heterocycles. The number of nitrogens with two attached hydrogens (primary N) is 1. The molecule has 0 aliphatic carbocycles. The molecule has 0 amide bonds. The zero-order valence-corrected chi connectivity index (χ0v) is 11.9. The highest BCUT2D eigenvalue weighted by Crippen LogP contribution is 2.27. The summed E-state index contributed by atoms with van der Waals surface area (Å²) in [6.45, 7) is 5.43. The Kier molecular flexibility index (Phi) is 4.69. The number of hydrogen-bond donors (Lipinski definition) is 1. The fourth-order valence-corrected chi connectivity index (χ4v) is 2.23. The van der Waals surface area contributed by atoms with Gasteiger partial charge in [-0.05, 0) is 49.7 Å². The quantitative estimate of drug-likeness (QED) is 0.909. The van der Waals surface area contributed by atoms with Gasteiger partial charge in [-0.1, -0.05) is 6.07 Å². The number of anilines is 1. The zero-order chi connectivity index (χ0) is 14.5. The molecule has 0 bridgehead atoms. The van der Waals surface area contributed by atoms with Crippen LogP contribution in [0.3, 0.4) is 0 Å². The highest BCUT2D eigenvalue weighted by Gasteiger charge is 2.14. The minimum atomic E-state index is -0.255. The van der Waals surface area contributed by atoms with Crippen molar-refractivity contribution in [3.8, 4) is 0 Å². The van der Waals surface area contributed by atoms with Gasteiger partial charge in [0.15, 0.2) is 0 Å². The summed E-state index contributed by atoms with van der Waals surface area (Å²) in [6.07, 6.45) is 1.78. The molecule has 1 aromatic carbocycles. The normalized spacial score (nSPS) is 12.2. The van der Waals surface area contributed by atoms with Gasteiger partial charge < -0.3 is 10.6 Å². The minimum Gasteiger partial charge on any atom is -0.366 e. The smallest absolute Gasteiger partial charge is 0.123 e. The Morgan fingerprint density at radius 3 is 2.70 bits per heavy atom. The van der Waals surface area contributed by atoms with Gasteiger partial charge in [-0.3, -0.25) is 4.98 Å². The van der Waals surface area contributed by atoms with Gasteiger partial charge in [0, 0.05) is 24.5 Å². The van der Waals surface area contributed by atoms with Crippen LogP contribution in [0.2, 0.25) is 0 Å². The molecule has 0 spiro atoms. The molecule has 1 atom stereocenters. The summed E-state index contributed by atoms with van der Waals surface area (Å²) >= 11 is 0. The third-order valence-corrected chi connectivity index (χ3v) is 3.28. The molecule has 106 valence electrons. The van der Waals surface area contributed by atoms with E-state index in [9.17, 15) is 4.39 Å². The SMILES string of the molecule is CCN(Cc1ccccn1)c1ccc(F)cc1C(C)N. The van der Waals surface area contributed by atoms with Crippen molar-refractivity contribution in [3.63, 3.8) is 0 Å². The van der Waals surface area contributed by atoms with Crippen molar-refractivity contribution in [2.24, 2.45) is 5.73 Å². The Hall–Kier alpha value is -1.94. The van der Waals surface area contributed by atoms with Crippen molar-refractivity contribution in [2.75, 3.05) is 11.4 Å². The van der Waals surface area contributed by atoms with E-state index in [4.69, 9.17) is 5.73 Å². The van der Waals surface area contributed by atoms with Crippen molar-refractivity contribution >= 4 is 5.69 Å². The first-order valence-electron chi connectivity index (χ1n) is 6.81. The second-order valence-corrected chi connectivity index (χ2v) is 4.83. The first-order valence-corrected chi connectivity index (χ1v) is 6.81. The molecule has 3 nitrogen and oxygen atoms in total. The second-order valence-electron chi connectivity index (χ2n) is 4.83. The van der Waals surface area contributed by atoms with Gasteiger partial charge in [0.2, 0.25) is 0 Å². The van der Waals surface area contributed by atoms with Gasteiger partial charge in [-0.2, -0.15) is 0 Å². The van der Waals surface area contributed by atoms with Crippen molar-refractivity contribution < 1.29 is 4.39 Å². The van der Waals surface area contributed by atoms with Crippen LogP contribution in [-0.4, -0.2) is 11.5 Å². The van der Waals surface area contributed by atoms with Crippen molar-refractivity contribution in [3.05, 3.63) is 59.7 Å². The molecular formula is C16H20FN3. The van der Waals surface area contributed by atoms with Crippen LogP contribution >= 0.6 is 0 Å². The maximum atomic E-state index is 13.4. The molecule has 20 heavy (non-hydrogen) atoms. The molecule has 1 heterocycles. The van der Waals surface area contributed by atoms with Gasteiger partial charge in [0.1, 0.15) is 5.82 Å².